The van der Waals surface area contributed by atoms with E-state index in [0.29, 0.717) is 0 Å². The third kappa shape index (κ3) is 3.64. The Morgan fingerprint density at radius 3 is 2.62 bits per heavy atom. The first-order valence-corrected chi connectivity index (χ1v) is 8.87. The van der Waals surface area contributed by atoms with Crippen LogP contribution in [0.2, 0.25) is 0 Å². The Bertz CT molecular complexity index is 887. The fourth-order valence-electron chi connectivity index (χ4n) is 3.37. The quantitative estimate of drug-likeness (QED) is 0.784. The summed E-state index contributed by atoms with van der Waals surface area (Å²) in [7, 11) is 0. The second-order valence-electron chi connectivity index (χ2n) is 6.49. The first-order chi connectivity index (χ1) is 12.8. The van der Waals surface area contributed by atoms with Crippen LogP contribution in [-0.2, 0) is 0 Å². The molecule has 132 valence electrons. The molecule has 0 aliphatic heterocycles. The number of ether oxygens (including phenoxy) is 1. The predicted octanol–water partition coefficient (Wildman–Crippen LogP) is 3.14. The molecular formula is C20H20N4O2. The van der Waals surface area contributed by atoms with Crippen LogP contribution in [0.15, 0.2) is 55.1 Å². The maximum Gasteiger partial charge on any atom is 0.289 e. The van der Waals surface area contributed by atoms with Crippen molar-refractivity contribution in [3.63, 3.8) is 0 Å². The summed E-state index contributed by atoms with van der Waals surface area (Å²) >= 11 is 0. The molecule has 2 heterocycles. The van der Waals surface area contributed by atoms with E-state index in [4.69, 9.17) is 4.74 Å². The van der Waals surface area contributed by atoms with Gasteiger partial charge in [-0.25, -0.2) is 9.97 Å². The highest BCUT2D eigenvalue weighted by Gasteiger charge is 2.25. The smallest absolute Gasteiger partial charge is 0.289 e. The van der Waals surface area contributed by atoms with Crippen LogP contribution >= 0.6 is 0 Å². The van der Waals surface area contributed by atoms with Gasteiger partial charge in [-0.3, -0.25) is 9.78 Å². The topological polar surface area (TPSA) is 77.0 Å². The minimum atomic E-state index is -0.212. The first-order valence-electron chi connectivity index (χ1n) is 8.87. The fourth-order valence-corrected chi connectivity index (χ4v) is 3.37. The number of hydrogen-bond acceptors (Lipinski definition) is 5. The number of aromatic nitrogens is 3. The lowest BCUT2D eigenvalue weighted by Gasteiger charge is -2.29. The molecule has 26 heavy (non-hydrogen) atoms. The van der Waals surface area contributed by atoms with E-state index in [2.05, 4.69) is 20.3 Å². The molecule has 2 aromatic heterocycles. The van der Waals surface area contributed by atoms with E-state index in [1.54, 1.807) is 24.7 Å². The van der Waals surface area contributed by atoms with Gasteiger partial charge < -0.3 is 10.1 Å². The van der Waals surface area contributed by atoms with Crippen molar-refractivity contribution in [1.82, 2.24) is 20.3 Å². The van der Waals surface area contributed by atoms with Crippen molar-refractivity contribution in [2.45, 2.75) is 37.8 Å². The first kappa shape index (κ1) is 16.4. The van der Waals surface area contributed by atoms with Gasteiger partial charge in [0.1, 0.15) is 5.75 Å². The van der Waals surface area contributed by atoms with Crippen molar-refractivity contribution >= 4 is 16.7 Å². The summed E-state index contributed by atoms with van der Waals surface area (Å²) in [5.74, 6) is 0.904. The number of amides is 1. The minimum absolute atomic E-state index is 0.142. The van der Waals surface area contributed by atoms with Gasteiger partial charge in [-0.15, -0.1) is 0 Å². The highest BCUT2D eigenvalue weighted by Crippen LogP contribution is 2.29. The maximum absolute atomic E-state index is 12.2. The van der Waals surface area contributed by atoms with Gasteiger partial charge >= 0.3 is 0 Å². The van der Waals surface area contributed by atoms with Crippen LogP contribution in [0.25, 0.3) is 10.8 Å². The third-order valence-corrected chi connectivity index (χ3v) is 4.71. The van der Waals surface area contributed by atoms with Crippen LogP contribution in [0.4, 0.5) is 0 Å². The van der Waals surface area contributed by atoms with Crippen LogP contribution in [-0.4, -0.2) is 33.0 Å². The number of carbonyl (C=O) groups excluding carboxylic acids is 1. The Hall–Kier alpha value is -3.02. The van der Waals surface area contributed by atoms with Crippen LogP contribution < -0.4 is 10.1 Å². The Labute approximate surface area is 151 Å². The summed E-state index contributed by atoms with van der Waals surface area (Å²) in [5, 5.41) is 5.18. The molecule has 0 saturated heterocycles. The summed E-state index contributed by atoms with van der Waals surface area (Å²) in [6, 6.07) is 9.85. The van der Waals surface area contributed by atoms with E-state index >= 15 is 0 Å². The average Bonchev–Trinajstić information content (AvgIpc) is 2.70. The minimum Gasteiger partial charge on any atom is -0.490 e. The molecule has 0 radical (unpaired) electrons. The molecule has 1 N–H and O–H groups in total. The average molecular weight is 348 g/mol. The van der Waals surface area contributed by atoms with E-state index < -0.39 is 0 Å². The monoisotopic (exact) mass is 348 g/mol. The lowest BCUT2D eigenvalue weighted by Crippen LogP contribution is -2.40. The second-order valence-corrected chi connectivity index (χ2v) is 6.49. The molecule has 0 spiro atoms. The normalized spacial score (nSPS) is 19.8. The van der Waals surface area contributed by atoms with E-state index in [9.17, 15) is 4.79 Å². The zero-order valence-corrected chi connectivity index (χ0v) is 14.3. The summed E-state index contributed by atoms with van der Waals surface area (Å²) < 4.78 is 6.24. The SMILES string of the molecule is O=C(NC1CCC(Oc2cccc3cnccc23)CC1)c1ncccn1. The zero-order chi connectivity index (χ0) is 17.8. The standard InChI is InChI=1S/C20H20N4O2/c25-20(19-22-10-2-11-23-19)24-15-5-7-16(8-6-15)26-18-4-1-3-14-13-21-12-9-17(14)18/h1-4,9-13,15-16H,5-8H2,(H,24,25). The molecular weight excluding hydrogens is 328 g/mol. The Morgan fingerprint density at radius 2 is 1.81 bits per heavy atom. The number of benzene rings is 1. The van der Waals surface area contributed by atoms with Gasteiger partial charge in [0.2, 0.25) is 5.82 Å². The number of hydrogen-bond donors (Lipinski definition) is 1. The Morgan fingerprint density at radius 1 is 1.00 bits per heavy atom. The van der Waals surface area contributed by atoms with Crippen LogP contribution in [0.1, 0.15) is 36.3 Å². The molecule has 1 saturated carbocycles. The number of fused-ring (bicyclic) bond motifs is 1. The van der Waals surface area contributed by atoms with E-state index in [0.717, 1.165) is 42.2 Å². The maximum atomic E-state index is 12.2. The van der Waals surface area contributed by atoms with Crippen LogP contribution in [0, 0.1) is 0 Å². The molecule has 1 amide bonds. The van der Waals surface area contributed by atoms with Crippen LogP contribution in [0.5, 0.6) is 5.75 Å². The lowest BCUT2D eigenvalue weighted by molar-refractivity contribution is 0.0885. The van der Waals surface area contributed by atoms with Gasteiger partial charge in [-0.05, 0) is 43.9 Å². The molecule has 6 heteroatoms. The molecule has 0 bridgehead atoms. The number of nitrogens with one attached hydrogen (secondary N) is 1. The lowest BCUT2D eigenvalue weighted by atomic mass is 9.93. The molecule has 1 aliphatic carbocycles. The molecule has 6 nitrogen and oxygen atoms in total. The van der Waals surface area contributed by atoms with Crippen molar-refractivity contribution < 1.29 is 9.53 Å². The second kappa shape index (κ2) is 7.47. The Balaban J connectivity index is 1.34. The van der Waals surface area contributed by atoms with Gasteiger partial charge in [-0.1, -0.05) is 12.1 Å². The molecule has 0 unspecified atom stereocenters. The van der Waals surface area contributed by atoms with Crippen molar-refractivity contribution in [3.8, 4) is 5.75 Å². The summed E-state index contributed by atoms with van der Waals surface area (Å²) in [6.07, 6.45) is 10.5. The molecule has 1 aliphatic rings. The van der Waals surface area contributed by atoms with E-state index in [1.165, 1.54) is 0 Å². The van der Waals surface area contributed by atoms with Crippen molar-refractivity contribution in [3.05, 3.63) is 60.9 Å². The predicted molar refractivity (Wildman–Crippen MR) is 97.9 cm³/mol. The highest BCUT2D eigenvalue weighted by molar-refractivity contribution is 5.90. The van der Waals surface area contributed by atoms with Crippen molar-refractivity contribution in [1.29, 1.82) is 0 Å². The van der Waals surface area contributed by atoms with Gasteiger partial charge in [0, 0.05) is 41.6 Å². The van der Waals surface area contributed by atoms with E-state index in [-0.39, 0.29) is 23.9 Å². The zero-order valence-electron chi connectivity index (χ0n) is 14.3. The van der Waals surface area contributed by atoms with E-state index in [1.807, 2.05) is 30.5 Å². The Kier molecular flexibility index (Phi) is 4.73. The largest absolute Gasteiger partial charge is 0.490 e. The summed E-state index contributed by atoms with van der Waals surface area (Å²) in [6.45, 7) is 0. The van der Waals surface area contributed by atoms with Gasteiger partial charge in [0.25, 0.3) is 5.91 Å². The van der Waals surface area contributed by atoms with Crippen molar-refractivity contribution in [2.75, 3.05) is 0 Å². The van der Waals surface area contributed by atoms with Crippen molar-refractivity contribution in [2.24, 2.45) is 0 Å². The molecule has 3 aromatic rings. The molecule has 1 fully saturated rings. The molecule has 0 atom stereocenters. The third-order valence-electron chi connectivity index (χ3n) is 4.71. The molecule has 4 rings (SSSR count). The molecule has 1 aromatic carbocycles. The van der Waals surface area contributed by atoms with Gasteiger partial charge in [-0.2, -0.15) is 0 Å². The highest BCUT2D eigenvalue weighted by atomic mass is 16.5. The number of carbonyl (C=O) groups is 1. The van der Waals surface area contributed by atoms with Gasteiger partial charge in [0.05, 0.1) is 6.10 Å². The summed E-state index contributed by atoms with van der Waals surface area (Å²) in [5.41, 5.74) is 0. The van der Waals surface area contributed by atoms with Crippen LogP contribution in [0.3, 0.4) is 0 Å². The number of nitrogens with zero attached hydrogens (tertiary/aromatic N) is 3. The fraction of sp³-hybridized carbons (Fsp3) is 0.300. The van der Waals surface area contributed by atoms with Gasteiger partial charge in [0.15, 0.2) is 0 Å². The number of rotatable bonds is 4. The summed E-state index contributed by atoms with van der Waals surface area (Å²) in [4.78, 5) is 24.3. The number of pyridine rings is 1.